The summed E-state index contributed by atoms with van der Waals surface area (Å²) in [5.41, 5.74) is -3.11. The van der Waals surface area contributed by atoms with Gasteiger partial charge in [-0.25, -0.2) is 8.78 Å². The molecule has 4 nitrogen and oxygen atoms in total. The van der Waals surface area contributed by atoms with E-state index >= 15 is 0 Å². The summed E-state index contributed by atoms with van der Waals surface area (Å²) in [5.74, 6) is -2.69. The maximum Gasteiger partial charge on any atom is 0.434 e. The summed E-state index contributed by atoms with van der Waals surface area (Å²) < 4.78 is 66.5. The number of aromatic nitrogens is 2. The van der Waals surface area contributed by atoms with Crippen molar-refractivity contribution in [3.63, 3.8) is 0 Å². The van der Waals surface area contributed by atoms with Crippen LogP contribution < -0.4 is 5.32 Å². The van der Waals surface area contributed by atoms with Gasteiger partial charge in [0.1, 0.15) is 11.6 Å². The van der Waals surface area contributed by atoms with Crippen LogP contribution in [-0.2, 0) is 11.6 Å². The van der Waals surface area contributed by atoms with Crippen molar-refractivity contribution in [2.45, 2.75) is 24.4 Å². The Morgan fingerprint density at radius 3 is 2.40 bits per heavy atom. The Morgan fingerprint density at radius 1 is 1.20 bits per heavy atom. The minimum Gasteiger partial charge on any atom is -0.351 e. The molecule has 2 heterocycles. The lowest BCUT2D eigenvalue weighted by molar-refractivity contribution is -0.141. The number of hydrogen-bond donors (Lipinski definition) is 1. The highest BCUT2D eigenvalue weighted by molar-refractivity contribution is 5.95. The summed E-state index contributed by atoms with van der Waals surface area (Å²) in [4.78, 5) is 18.7. The Kier molecular flexibility index (Phi) is 4.18. The maximum atomic E-state index is 13.9. The molecular formula is C16H12F5N3O. The van der Waals surface area contributed by atoms with Crippen LogP contribution in [-0.4, -0.2) is 22.4 Å². The first-order chi connectivity index (χ1) is 11.7. The van der Waals surface area contributed by atoms with E-state index in [0.717, 1.165) is 24.7 Å². The summed E-state index contributed by atoms with van der Waals surface area (Å²) in [6.07, 6.45) is -1.31. The molecule has 0 atom stereocenters. The Balaban J connectivity index is 1.80. The summed E-state index contributed by atoms with van der Waals surface area (Å²) >= 11 is 0. The molecule has 1 aliphatic rings. The van der Waals surface area contributed by atoms with E-state index in [1.54, 1.807) is 0 Å². The maximum absolute atomic E-state index is 13.9. The van der Waals surface area contributed by atoms with Crippen molar-refractivity contribution < 1.29 is 26.7 Å². The van der Waals surface area contributed by atoms with Crippen LogP contribution in [0.4, 0.5) is 22.0 Å². The Bertz CT molecular complexity index is 797. The Labute approximate surface area is 139 Å². The topological polar surface area (TPSA) is 54.9 Å². The molecule has 3 rings (SSSR count). The lowest BCUT2D eigenvalue weighted by Crippen LogP contribution is -2.34. The molecule has 2 aromatic heterocycles. The van der Waals surface area contributed by atoms with Crippen LogP contribution in [0, 0.1) is 11.6 Å². The van der Waals surface area contributed by atoms with Gasteiger partial charge in [-0.05, 0) is 25.0 Å². The largest absolute Gasteiger partial charge is 0.434 e. The second kappa shape index (κ2) is 6.05. The zero-order valence-corrected chi connectivity index (χ0v) is 12.7. The van der Waals surface area contributed by atoms with E-state index in [1.807, 2.05) is 0 Å². The second-order valence-corrected chi connectivity index (χ2v) is 5.84. The third-order valence-corrected chi connectivity index (χ3v) is 4.15. The van der Waals surface area contributed by atoms with E-state index in [1.165, 1.54) is 6.07 Å². The van der Waals surface area contributed by atoms with E-state index in [9.17, 15) is 26.7 Å². The van der Waals surface area contributed by atoms with E-state index in [2.05, 4.69) is 15.3 Å². The zero-order chi connectivity index (χ0) is 18.2. The van der Waals surface area contributed by atoms with Crippen molar-refractivity contribution in [3.05, 3.63) is 59.2 Å². The van der Waals surface area contributed by atoms with Crippen LogP contribution in [0.25, 0.3) is 0 Å². The Hall–Kier alpha value is -2.58. The molecule has 1 aliphatic carbocycles. The SMILES string of the molecule is O=C(NCC1(c2c(F)cncc2F)CC1)c1cccnc1C(F)(F)F. The molecule has 25 heavy (non-hydrogen) atoms. The van der Waals surface area contributed by atoms with E-state index in [0.29, 0.717) is 12.8 Å². The van der Waals surface area contributed by atoms with Crippen LogP contribution in [0.2, 0.25) is 0 Å². The van der Waals surface area contributed by atoms with E-state index in [-0.39, 0.29) is 12.1 Å². The molecule has 0 saturated heterocycles. The third kappa shape index (κ3) is 3.31. The number of amides is 1. The normalized spacial score (nSPS) is 15.7. The average Bonchev–Trinajstić information content (AvgIpc) is 3.32. The number of carbonyl (C=O) groups is 1. The standard InChI is InChI=1S/C16H12F5N3O/c17-10-6-22-7-11(18)12(10)15(3-4-15)8-24-14(25)9-2-1-5-23-13(9)16(19,20)21/h1-2,5-7H,3-4,8H2,(H,24,25). The fraction of sp³-hybridized carbons (Fsp3) is 0.312. The van der Waals surface area contributed by atoms with Crippen molar-refractivity contribution in [2.75, 3.05) is 6.54 Å². The molecule has 0 aromatic carbocycles. The number of hydrogen-bond acceptors (Lipinski definition) is 3. The van der Waals surface area contributed by atoms with Gasteiger partial charge in [0, 0.05) is 23.7 Å². The van der Waals surface area contributed by atoms with Gasteiger partial charge in [0.25, 0.3) is 5.91 Å². The molecule has 9 heteroatoms. The van der Waals surface area contributed by atoms with Gasteiger partial charge in [0.2, 0.25) is 0 Å². The van der Waals surface area contributed by atoms with E-state index in [4.69, 9.17) is 0 Å². The number of carbonyl (C=O) groups excluding carboxylic acids is 1. The molecule has 0 spiro atoms. The van der Waals surface area contributed by atoms with Crippen molar-refractivity contribution in [3.8, 4) is 0 Å². The van der Waals surface area contributed by atoms with Crippen molar-refractivity contribution in [2.24, 2.45) is 0 Å². The van der Waals surface area contributed by atoms with Crippen LogP contribution in [0.1, 0.15) is 34.5 Å². The average molecular weight is 357 g/mol. The zero-order valence-electron chi connectivity index (χ0n) is 12.7. The molecule has 1 N–H and O–H groups in total. The van der Waals surface area contributed by atoms with Gasteiger partial charge < -0.3 is 5.32 Å². The lowest BCUT2D eigenvalue weighted by atomic mass is 9.95. The first-order valence-corrected chi connectivity index (χ1v) is 7.34. The molecule has 0 unspecified atom stereocenters. The molecule has 1 saturated carbocycles. The van der Waals surface area contributed by atoms with Crippen molar-refractivity contribution >= 4 is 5.91 Å². The number of nitrogens with one attached hydrogen (secondary N) is 1. The third-order valence-electron chi connectivity index (χ3n) is 4.15. The molecule has 0 aliphatic heterocycles. The second-order valence-electron chi connectivity index (χ2n) is 5.84. The molecular weight excluding hydrogens is 345 g/mol. The van der Waals surface area contributed by atoms with E-state index < -0.39 is 40.4 Å². The highest BCUT2D eigenvalue weighted by atomic mass is 19.4. The lowest BCUT2D eigenvalue weighted by Gasteiger charge is -2.18. The number of pyridine rings is 2. The minimum atomic E-state index is -4.78. The molecule has 132 valence electrons. The summed E-state index contributed by atoms with van der Waals surface area (Å²) in [5, 5.41) is 2.33. The van der Waals surface area contributed by atoms with Crippen LogP contribution >= 0.6 is 0 Å². The van der Waals surface area contributed by atoms with Crippen LogP contribution in [0.5, 0.6) is 0 Å². The highest BCUT2D eigenvalue weighted by Crippen LogP contribution is 2.49. The molecule has 1 amide bonds. The smallest absolute Gasteiger partial charge is 0.351 e. The number of halogens is 5. The number of rotatable bonds is 4. The fourth-order valence-electron chi connectivity index (χ4n) is 2.74. The predicted molar refractivity (Wildman–Crippen MR) is 76.6 cm³/mol. The predicted octanol–water partition coefficient (Wildman–Crippen LogP) is 3.24. The monoisotopic (exact) mass is 357 g/mol. The van der Waals surface area contributed by atoms with Gasteiger partial charge >= 0.3 is 6.18 Å². The number of alkyl halides is 3. The minimum absolute atomic E-state index is 0.185. The molecule has 0 radical (unpaired) electrons. The van der Waals surface area contributed by atoms with Crippen molar-refractivity contribution in [1.82, 2.24) is 15.3 Å². The van der Waals surface area contributed by atoms with Gasteiger partial charge in [-0.15, -0.1) is 0 Å². The van der Waals surface area contributed by atoms with Gasteiger partial charge in [0.15, 0.2) is 5.69 Å². The highest BCUT2D eigenvalue weighted by Gasteiger charge is 2.48. The van der Waals surface area contributed by atoms with Gasteiger partial charge in [-0.2, -0.15) is 13.2 Å². The molecule has 1 fully saturated rings. The summed E-state index contributed by atoms with van der Waals surface area (Å²) in [6.45, 7) is -0.185. The van der Waals surface area contributed by atoms with Gasteiger partial charge in [-0.1, -0.05) is 0 Å². The van der Waals surface area contributed by atoms with Gasteiger partial charge in [0.05, 0.1) is 18.0 Å². The number of nitrogens with zero attached hydrogens (tertiary/aromatic N) is 2. The van der Waals surface area contributed by atoms with Crippen LogP contribution in [0.3, 0.4) is 0 Å². The first kappa shape index (κ1) is 17.2. The van der Waals surface area contributed by atoms with Gasteiger partial charge in [-0.3, -0.25) is 14.8 Å². The van der Waals surface area contributed by atoms with Crippen molar-refractivity contribution in [1.29, 1.82) is 0 Å². The fourth-order valence-corrected chi connectivity index (χ4v) is 2.74. The summed E-state index contributed by atoms with van der Waals surface area (Å²) in [6, 6.07) is 2.21. The molecule has 0 bridgehead atoms. The Morgan fingerprint density at radius 2 is 1.84 bits per heavy atom. The molecule has 2 aromatic rings. The first-order valence-electron chi connectivity index (χ1n) is 7.34. The quantitative estimate of drug-likeness (QED) is 0.855. The van der Waals surface area contributed by atoms with Crippen LogP contribution in [0.15, 0.2) is 30.7 Å². The summed E-state index contributed by atoms with van der Waals surface area (Å²) in [7, 11) is 0.